The van der Waals surface area contributed by atoms with E-state index >= 15 is 0 Å². The van der Waals surface area contributed by atoms with Crippen molar-refractivity contribution in [2.45, 2.75) is 51.7 Å². The average Bonchev–Trinajstić information content (AvgIpc) is 2.97. The van der Waals surface area contributed by atoms with Gasteiger partial charge in [-0.25, -0.2) is 0 Å². The van der Waals surface area contributed by atoms with Crippen molar-refractivity contribution in [1.82, 2.24) is 14.5 Å². The lowest BCUT2D eigenvalue weighted by Gasteiger charge is -2.35. The summed E-state index contributed by atoms with van der Waals surface area (Å²) in [4.78, 5) is 17.4. The normalized spacial score (nSPS) is 19.3. The molecule has 0 amide bonds. The molecule has 1 aromatic heterocycles. The summed E-state index contributed by atoms with van der Waals surface area (Å²) in [5.41, 5.74) is 1.74. The summed E-state index contributed by atoms with van der Waals surface area (Å²) in [6, 6.07) is 0.600. The fraction of sp³-hybridized carbons (Fsp3) is 0.600. The van der Waals surface area contributed by atoms with Crippen LogP contribution in [0.2, 0.25) is 0 Å². The van der Waals surface area contributed by atoms with E-state index in [1.165, 1.54) is 25.7 Å². The van der Waals surface area contributed by atoms with Crippen LogP contribution in [0.1, 0.15) is 38.2 Å². The molecular weight excluding hydrogens is 284 g/mol. The molecule has 6 heteroatoms. The van der Waals surface area contributed by atoms with Crippen molar-refractivity contribution in [1.29, 1.82) is 0 Å². The molecule has 2 heterocycles. The van der Waals surface area contributed by atoms with Gasteiger partial charge in [0.1, 0.15) is 5.82 Å². The van der Waals surface area contributed by atoms with Gasteiger partial charge in [0.2, 0.25) is 0 Å². The van der Waals surface area contributed by atoms with Crippen LogP contribution in [0.3, 0.4) is 0 Å². The van der Waals surface area contributed by atoms with Gasteiger partial charge in [-0.15, -0.1) is 0 Å². The summed E-state index contributed by atoms with van der Waals surface area (Å²) >= 11 is 5.29. The molecule has 114 valence electrons. The lowest BCUT2D eigenvalue weighted by atomic mass is 10.1. The minimum atomic E-state index is -0.0665. The molecule has 1 aliphatic heterocycles. The molecule has 2 N–H and O–H groups in total. The van der Waals surface area contributed by atoms with Gasteiger partial charge in [-0.2, -0.15) is 0 Å². The zero-order valence-corrected chi connectivity index (χ0v) is 13.3. The number of aromatic nitrogens is 2. The highest BCUT2D eigenvalue weighted by Gasteiger charge is 2.28. The molecular formula is C15H22N4OS. The van der Waals surface area contributed by atoms with Gasteiger partial charge in [-0.05, 0) is 32.0 Å². The first-order valence-electron chi connectivity index (χ1n) is 7.54. The number of nitrogens with one attached hydrogen (secondary N) is 2. The van der Waals surface area contributed by atoms with Crippen LogP contribution in [0.25, 0.3) is 0 Å². The van der Waals surface area contributed by atoms with Crippen LogP contribution in [0.4, 0.5) is 5.82 Å². The Morgan fingerprint density at radius 2 is 2.14 bits per heavy atom. The van der Waals surface area contributed by atoms with Crippen LogP contribution < -0.4 is 10.9 Å². The van der Waals surface area contributed by atoms with Gasteiger partial charge in [0, 0.05) is 19.1 Å². The Bertz CT molecular complexity index is 669. The van der Waals surface area contributed by atoms with E-state index in [2.05, 4.69) is 21.8 Å². The summed E-state index contributed by atoms with van der Waals surface area (Å²) < 4.78 is 2.41. The van der Waals surface area contributed by atoms with Gasteiger partial charge < -0.3 is 9.88 Å². The van der Waals surface area contributed by atoms with Gasteiger partial charge in [0.25, 0.3) is 5.56 Å². The minimum Gasteiger partial charge on any atom is -0.358 e. The number of allylic oxidation sites excluding steroid dienone is 1. The van der Waals surface area contributed by atoms with Crippen molar-refractivity contribution in [3.05, 3.63) is 32.8 Å². The van der Waals surface area contributed by atoms with Gasteiger partial charge >= 0.3 is 0 Å². The number of hydrogen-bond donors (Lipinski definition) is 2. The molecule has 0 spiro atoms. The molecule has 0 unspecified atom stereocenters. The maximum atomic E-state index is 12.3. The van der Waals surface area contributed by atoms with Crippen molar-refractivity contribution < 1.29 is 0 Å². The maximum Gasteiger partial charge on any atom is 0.258 e. The Kier molecular flexibility index (Phi) is 3.99. The van der Waals surface area contributed by atoms with E-state index < -0.39 is 0 Å². The number of H-pyrrole nitrogens is 1. The van der Waals surface area contributed by atoms with E-state index in [1.807, 2.05) is 11.5 Å². The second-order valence-electron chi connectivity index (χ2n) is 6.15. The fourth-order valence-electron chi connectivity index (χ4n) is 3.34. The van der Waals surface area contributed by atoms with E-state index in [1.54, 1.807) is 0 Å². The smallest absolute Gasteiger partial charge is 0.258 e. The highest BCUT2D eigenvalue weighted by atomic mass is 32.1. The lowest BCUT2D eigenvalue weighted by Crippen LogP contribution is -2.43. The second kappa shape index (κ2) is 5.77. The van der Waals surface area contributed by atoms with Gasteiger partial charge in [-0.3, -0.25) is 14.7 Å². The molecule has 2 aliphatic rings. The molecule has 0 atom stereocenters. The number of rotatable bonds is 3. The van der Waals surface area contributed by atoms with Crippen molar-refractivity contribution in [2.24, 2.45) is 0 Å². The molecule has 0 radical (unpaired) electrons. The quantitative estimate of drug-likeness (QED) is 0.666. The standard InChI is InChI=1S/C15H22N4OS/c1-10(2)7-19-13-12(14(20)17-15(19)21)8-18(9-16-13)11-5-3-4-6-11/h11,16H,1,3-9H2,2H3,(H,17,20,21). The Hall–Kier alpha value is -1.40. The number of anilines is 1. The van der Waals surface area contributed by atoms with Gasteiger partial charge in [0.05, 0.1) is 12.2 Å². The Labute approximate surface area is 129 Å². The summed E-state index contributed by atoms with van der Waals surface area (Å²) in [6.07, 6.45) is 5.07. The van der Waals surface area contributed by atoms with Gasteiger partial charge in [-0.1, -0.05) is 25.0 Å². The number of nitrogens with zero attached hydrogens (tertiary/aromatic N) is 2. The van der Waals surface area contributed by atoms with E-state index in [-0.39, 0.29) is 5.56 Å². The highest BCUT2D eigenvalue weighted by Crippen LogP contribution is 2.28. The van der Waals surface area contributed by atoms with Gasteiger partial charge in [0.15, 0.2) is 4.77 Å². The Morgan fingerprint density at radius 3 is 2.81 bits per heavy atom. The molecule has 1 saturated carbocycles. The zero-order chi connectivity index (χ0) is 15.0. The average molecular weight is 306 g/mol. The first-order valence-corrected chi connectivity index (χ1v) is 7.95. The Morgan fingerprint density at radius 1 is 1.43 bits per heavy atom. The van der Waals surface area contributed by atoms with Crippen LogP contribution in [0.15, 0.2) is 16.9 Å². The number of fused-ring (bicyclic) bond motifs is 1. The molecule has 5 nitrogen and oxygen atoms in total. The topological polar surface area (TPSA) is 53.1 Å². The van der Waals surface area contributed by atoms with Crippen molar-refractivity contribution in [2.75, 3.05) is 12.0 Å². The second-order valence-corrected chi connectivity index (χ2v) is 6.54. The minimum absolute atomic E-state index is 0.0665. The highest BCUT2D eigenvalue weighted by molar-refractivity contribution is 7.71. The largest absolute Gasteiger partial charge is 0.358 e. The number of hydrogen-bond acceptors (Lipinski definition) is 4. The Balaban J connectivity index is 1.96. The monoisotopic (exact) mass is 306 g/mol. The van der Waals surface area contributed by atoms with E-state index in [4.69, 9.17) is 12.2 Å². The van der Waals surface area contributed by atoms with Crippen LogP contribution in [0.5, 0.6) is 0 Å². The van der Waals surface area contributed by atoms with Crippen molar-refractivity contribution >= 4 is 18.0 Å². The summed E-state index contributed by atoms with van der Waals surface area (Å²) in [7, 11) is 0. The van der Waals surface area contributed by atoms with Crippen LogP contribution in [-0.2, 0) is 13.1 Å². The third kappa shape index (κ3) is 2.82. The van der Waals surface area contributed by atoms with E-state index in [0.717, 1.165) is 23.6 Å². The SMILES string of the molecule is C=C(C)Cn1c2c(c(=O)[nH]c1=S)CN(C1CCCC1)CN2. The first-order chi connectivity index (χ1) is 10.1. The van der Waals surface area contributed by atoms with Crippen molar-refractivity contribution in [3.63, 3.8) is 0 Å². The molecule has 0 aromatic carbocycles. The molecule has 1 aromatic rings. The lowest BCUT2D eigenvalue weighted by molar-refractivity contribution is 0.194. The third-order valence-corrected chi connectivity index (χ3v) is 4.70. The van der Waals surface area contributed by atoms with Crippen LogP contribution in [-0.4, -0.2) is 27.2 Å². The van der Waals surface area contributed by atoms with E-state index in [9.17, 15) is 4.79 Å². The predicted octanol–water partition coefficient (Wildman–Crippen LogP) is 2.61. The van der Waals surface area contributed by atoms with Crippen molar-refractivity contribution in [3.8, 4) is 0 Å². The van der Waals surface area contributed by atoms with E-state index in [0.29, 0.717) is 23.9 Å². The predicted molar refractivity (Wildman–Crippen MR) is 87.0 cm³/mol. The summed E-state index contributed by atoms with van der Waals surface area (Å²) in [5, 5.41) is 3.41. The summed E-state index contributed by atoms with van der Waals surface area (Å²) in [5.74, 6) is 0.862. The molecule has 1 fully saturated rings. The molecule has 0 bridgehead atoms. The first kappa shape index (κ1) is 14.5. The summed E-state index contributed by atoms with van der Waals surface area (Å²) in [6.45, 7) is 8.03. The zero-order valence-electron chi connectivity index (χ0n) is 12.4. The molecule has 1 aliphatic carbocycles. The van der Waals surface area contributed by atoms with Crippen LogP contribution >= 0.6 is 12.2 Å². The molecule has 3 rings (SSSR count). The maximum absolute atomic E-state index is 12.3. The molecule has 21 heavy (non-hydrogen) atoms. The molecule has 0 saturated heterocycles. The fourth-order valence-corrected chi connectivity index (χ4v) is 3.59. The number of aromatic amines is 1. The third-order valence-electron chi connectivity index (χ3n) is 4.38. The van der Waals surface area contributed by atoms with Crippen LogP contribution in [0, 0.1) is 4.77 Å².